The summed E-state index contributed by atoms with van der Waals surface area (Å²) in [6, 6.07) is 12.6. The molecular formula is C21H23N3OS. The molecule has 3 heterocycles. The highest BCUT2D eigenvalue weighted by Gasteiger charge is 2.20. The van der Waals surface area contributed by atoms with Crippen molar-refractivity contribution in [2.75, 3.05) is 0 Å². The van der Waals surface area contributed by atoms with Gasteiger partial charge in [0.25, 0.3) is 5.89 Å². The van der Waals surface area contributed by atoms with Gasteiger partial charge in [0.05, 0.1) is 0 Å². The molecule has 5 heteroatoms. The van der Waals surface area contributed by atoms with Crippen LogP contribution in [0.25, 0.3) is 32.1 Å². The molecule has 4 rings (SSSR count). The monoisotopic (exact) mass is 365 g/mol. The molecule has 26 heavy (non-hydrogen) atoms. The second kappa shape index (κ2) is 8.23. The zero-order chi connectivity index (χ0) is 18.5. The molecule has 0 spiro atoms. The average molecular weight is 366 g/mol. The molecule has 0 N–H and O–H groups in total. The van der Waals surface area contributed by atoms with E-state index in [-0.39, 0.29) is 0 Å². The zero-order valence-electron chi connectivity index (χ0n) is 15.6. The minimum atomic E-state index is 0.581. The molecule has 0 saturated carbocycles. The molecule has 1 aromatic carbocycles. The van der Waals surface area contributed by atoms with Crippen molar-refractivity contribution in [3.63, 3.8) is 0 Å². The van der Waals surface area contributed by atoms with Gasteiger partial charge in [-0.3, -0.25) is 0 Å². The number of hydrogen-bond donors (Lipinski definition) is 0. The summed E-state index contributed by atoms with van der Waals surface area (Å²) in [5.41, 5.74) is 3.50. The van der Waals surface area contributed by atoms with Gasteiger partial charge in [-0.05, 0) is 31.0 Å². The van der Waals surface area contributed by atoms with E-state index in [0.29, 0.717) is 5.89 Å². The predicted molar refractivity (Wildman–Crippen MR) is 108 cm³/mol. The third-order valence-corrected chi connectivity index (χ3v) is 5.04. The molecule has 0 amide bonds. The van der Waals surface area contributed by atoms with Crippen molar-refractivity contribution in [1.29, 1.82) is 0 Å². The minimum Gasteiger partial charge on any atom is -0.333 e. The van der Waals surface area contributed by atoms with Crippen LogP contribution in [-0.4, -0.2) is 15.1 Å². The predicted octanol–water partition coefficient (Wildman–Crippen LogP) is 6.30. The van der Waals surface area contributed by atoms with E-state index in [2.05, 4.69) is 59.3 Å². The first kappa shape index (κ1) is 18.3. The number of rotatable bonds is 4. The molecule has 0 unspecified atom stereocenters. The van der Waals surface area contributed by atoms with Gasteiger partial charge in [-0.15, -0.1) is 11.3 Å². The first-order valence-electron chi connectivity index (χ1n) is 9.03. The Hall–Kier alpha value is -2.53. The summed E-state index contributed by atoms with van der Waals surface area (Å²) in [6.45, 7) is 8.20. The molecule has 0 aliphatic rings. The maximum Gasteiger partial charge on any atom is 0.268 e. The van der Waals surface area contributed by atoms with Gasteiger partial charge in [0.2, 0.25) is 0 Å². The Balaban J connectivity index is 0.000000948. The van der Waals surface area contributed by atoms with Gasteiger partial charge < -0.3 is 4.52 Å². The van der Waals surface area contributed by atoms with Crippen LogP contribution in [0.1, 0.15) is 38.6 Å². The van der Waals surface area contributed by atoms with Crippen molar-refractivity contribution in [2.24, 2.45) is 0 Å². The molecule has 4 nitrogen and oxygen atoms in total. The van der Waals surface area contributed by atoms with Crippen molar-refractivity contribution >= 4 is 21.6 Å². The summed E-state index contributed by atoms with van der Waals surface area (Å²) < 4.78 is 5.54. The van der Waals surface area contributed by atoms with Crippen LogP contribution in [0.3, 0.4) is 0 Å². The van der Waals surface area contributed by atoms with E-state index >= 15 is 0 Å². The second-order valence-corrected chi connectivity index (χ2v) is 6.79. The number of aryl methyl sites for hydroxylation is 2. The summed E-state index contributed by atoms with van der Waals surface area (Å²) in [5.74, 6) is 1.34. The quantitative estimate of drug-likeness (QED) is 0.426. The van der Waals surface area contributed by atoms with E-state index in [1.807, 2.05) is 26.1 Å². The SMILES string of the molecule is CC.CCCc1noc(-c2sc3ncccc3c2-c2ccc(C)cc2)n1. The molecule has 0 fully saturated rings. The third kappa shape index (κ3) is 3.53. The standard InChI is InChI=1S/C19H17N3OS.C2H6/c1-3-5-15-21-18(23-22-15)17-16(13-9-7-12(2)8-10-13)14-6-4-11-20-19(14)24-17;1-2/h4,6-11H,3,5H2,1-2H3;1-2H3. The van der Waals surface area contributed by atoms with Crippen molar-refractivity contribution in [2.45, 2.75) is 40.5 Å². The highest BCUT2D eigenvalue weighted by molar-refractivity contribution is 7.22. The highest BCUT2D eigenvalue weighted by Crippen LogP contribution is 2.43. The van der Waals surface area contributed by atoms with E-state index in [0.717, 1.165) is 44.9 Å². The lowest BCUT2D eigenvalue weighted by Crippen LogP contribution is -1.85. The molecule has 0 atom stereocenters. The fourth-order valence-corrected chi connectivity index (χ4v) is 3.85. The van der Waals surface area contributed by atoms with Gasteiger partial charge in [-0.2, -0.15) is 4.98 Å². The van der Waals surface area contributed by atoms with Crippen LogP contribution >= 0.6 is 11.3 Å². The van der Waals surface area contributed by atoms with Gasteiger partial charge in [-0.25, -0.2) is 4.98 Å². The Morgan fingerprint density at radius 1 is 1.08 bits per heavy atom. The van der Waals surface area contributed by atoms with Crippen LogP contribution in [0.15, 0.2) is 47.1 Å². The van der Waals surface area contributed by atoms with Gasteiger partial charge in [-0.1, -0.05) is 55.8 Å². The number of nitrogens with zero attached hydrogens (tertiary/aromatic N) is 3. The molecule has 0 bridgehead atoms. The van der Waals surface area contributed by atoms with Gasteiger partial charge in [0.1, 0.15) is 9.71 Å². The van der Waals surface area contributed by atoms with E-state index in [1.165, 1.54) is 5.56 Å². The molecule has 3 aromatic heterocycles. The molecule has 0 radical (unpaired) electrons. The Morgan fingerprint density at radius 2 is 1.85 bits per heavy atom. The summed E-state index contributed by atoms with van der Waals surface area (Å²) >= 11 is 1.60. The lowest BCUT2D eigenvalue weighted by Gasteiger charge is -2.03. The highest BCUT2D eigenvalue weighted by atomic mass is 32.1. The fourth-order valence-electron chi connectivity index (χ4n) is 2.76. The Kier molecular flexibility index (Phi) is 5.78. The lowest BCUT2D eigenvalue weighted by molar-refractivity contribution is 0.423. The van der Waals surface area contributed by atoms with Crippen molar-refractivity contribution in [1.82, 2.24) is 15.1 Å². The van der Waals surface area contributed by atoms with E-state index in [9.17, 15) is 0 Å². The van der Waals surface area contributed by atoms with Crippen molar-refractivity contribution < 1.29 is 4.52 Å². The van der Waals surface area contributed by atoms with Gasteiger partial charge >= 0.3 is 0 Å². The number of hydrogen-bond acceptors (Lipinski definition) is 5. The Labute approximate surface area is 157 Å². The average Bonchev–Trinajstić information content (AvgIpc) is 3.29. The van der Waals surface area contributed by atoms with Gasteiger partial charge in [0, 0.05) is 23.6 Å². The number of aromatic nitrogens is 3. The number of benzene rings is 1. The Bertz CT molecular complexity index is 986. The molecule has 4 aromatic rings. The van der Waals surface area contributed by atoms with Crippen LogP contribution in [0.4, 0.5) is 0 Å². The minimum absolute atomic E-state index is 0.581. The fraction of sp³-hybridized carbons (Fsp3) is 0.286. The largest absolute Gasteiger partial charge is 0.333 e. The molecular weight excluding hydrogens is 342 g/mol. The van der Waals surface area contributed by atoms with Crippen molar-refractivity contribution in [3.05, 3.63) is 54.0 Å². The smallest absolute Gasteiger partial charge is 0.268 e. The van der Waals surface area contributed by atoms with Crippen LogP contribution in [-0.2, 0) is 6.42 Å². The summed E-state index contributed by atoms with van der Waals surface area (Å²) in [6.07, 6.45) is 3.64. The topological polar surface area (TPSA) is 51.8 Å². The number of pyridine rings is 1. The molecule has 0 aliphatic heterocycles. The maximum atomic E-state index is 5.54. The number of fused-ring (bicyclic) bond motifs is 1. The number of thiophene rings is 1. The molecule has 0 saturated heterocycles. The Morgan fingerprint density at radius 3 is 2.58 bits per heavy atom. The summed E-state index contributed by atoms with van der Waals surface area (Å²) in [4.78, 5) is 11.0. The van der Waals surface area contributed by atoms with Crippen LogP contribution < -0.4 is 0 Å². The van der Waals surface area contributed by atoms with Crippen molar-refractivity contribution in [3.8, 4) is 21.9 Å². The third-order valence-electron chi connectivity index (χ3n) is 3.94. The van der Waals surface area contributed by atoms with E-state index in [4.69, 9.17) is 4.52 Å². The first-order valence-corrected chi connectivity index (χ1v) is 9.85. The van der Waals surface area contributed by atoms with Crippen LogP contribution in [0.2, 0.25) is 0 Å². The zero-order valence-corrected chi connectivity index (χ0v) is 16.4. The normalized spacial score (nSPS) is 10.6. The second-order valence-electron chi connectivity index (χ2n) is 5.79. The maximum absolute atomic E-state index is 5.54. The van der Waals surface area contributed by atoms with Crippen LogP contribution in [0.5, 0.6) is 0 Å². The summed E-state index contributed by atoms with van der Waals surface area (Å²) in [5, 5.41) is 5.22. The van der Waals surface area contributed by atoms with E-state index in [1.54, 1.807) is 11.3 Å². The molecule has 0 aliphatic carbocycles. The molecule has 134 valence electrons. The lowest BCUT2D eigenvalue weighted by atomic mass is 10.0. The first-order chi connectivity index (χ1) is 12.8. The van der Waals surface area contributed by atoms with Gasteiger partial charge in [0.15, 0.2) is 5.82 Å². The van der Waals surface area contributed by atoms with E-state index < -0.39 is 0 Å². The van der Waals surface area contributed by atoms with Crippen LogP contribution in [0, 0.1) is 6.92 Å². The summed E-state index contributed by atoms with van der Waals surface area (Å²) in [7, 11) is 0.